The lowest BCUT2D eigenvalue weighted by atomic mass is 9.96. The van der Waals surface area contributed by atoms with E-state index in [1.165, 1.54) is 0 Å². The van der Waals surface area contributed by atoms with Gasteiger partial charge in [-0.15, -0.1) is 0 Å². The lowest BCUT2D eigenvalue weighted by molar-refractivity contribution is -0.287. The van der Waals surface area contributed by atoms with E-state index < -0.39 is 42.6 Å². The topological polar surface area (TPSA) is 134 Å². The van der Waals surface area contributed by atoms with Gasteiger partial charge in [0.05, 0.1) is 5.92 Å². The van der Waals surface area contributed by atoms with Crippen molar-refractivity contribution in [2.24, 2.45) is 5.92 Å². The van der Waals surface area contributed by atoms with Crippen molar-refractivity contribution in [1.29, 1.82) is 0 Å². The van der Waals surface area contributed by atoms with E-state index in [9.17, 15) is 24.9 Å². The monoisotopic (exact) mass is 362 g/mol. The number of hydrogen-bond acceptors (Lipinski definition) is 7. The maximum atomic E-state index is 12.4. The van der Waals surface area contributed by atoms with Gasteiger partial charge in [-0.1, -0.05) is 46.0 Å². The Balaban J connectivity index is 2.68. The summed E-state index contributed by atoms with van der Waals surface area (Å²) < 4.78 is 10.1. The molecule has 1 saturated heterocycles. The smallest absolute Gasteiger partial charge is 0.335 e. The molecular formula is C17H30O8. The number of rotatable bonds is 10. The lowest BCUT2D eigenvalue weighted by Gasteiger charge is -2.38. The number of carbonyl (C=O) groups is 2. The van der Waals surface area contributed by atoms with Gasteiger partial charge in [0.25, 0.3) is 0 Å². The summed E-state index contributed by atoms with van der Waals surface area (Å²) in [5, 5.41) is 38.3. The van der Waals surface area contributed by atoms with Crippen LogP contribution in [0.25, 0.3) is 0 Å². The molecule has 0 amide bonds. The van der Waals surface area contributed by atoms with Gasteiger partial charge in [0.2, 0.25) is 6.29 Å². The maximum Gasteiger partial charge on any atom is 0.335 e. The van der Waals surface area contributed by atoms with Gasteiger partial charge in [-0.2, -0.15) is 0 Å². The number of carboxylic acids is 1. The van der Waals surface area contributed by atoms with E-state index in [2.05, 4.69) is 6.92 Å². The maximum absolute atomic E-state index is 12.4. The summed E-state index contributed by atoms with van der Waals surface area (Å²) in [5.74, 6) is -2.47. The summed E-state index contributed by atoms with van der Waals surface area (Å²) >= 11 is 0. The van der Waals surface area contributed by atoms with Crippen molar-refractivity contribution in [1.82, 2.24) is 0 Å². The zero-order chi connectivity index (χ0) is 19.0. The van der Waals surface area contributed by atoms with Crippen molar-refractivity contribution < 1.29 is 39.5 Å². The molecule has 1 fully saturated rings. The number of aliphatic hydroxyl groups is 3. The van der Waals surface area contributed by atoms with E-state index in [-0.39, 0.29) is 5.92 Å². The Labute approximate surface area is 147 Å². The Morgan fingerprint density at radius 1 is 0.960 bits per heavy atom. The SMILES string of the molecule is CCCCCC[C@@H](CCC)C(=O)O[C@@H]1O[C@H](C(=O)O)[C@@H](O)[C@H](O)[C@H]1O. The number of esters is 1. The molecule has 0 bridgehead atoms. The molecule has 146 valence electrons. The molecule has 8 heteroatoms. The summed E-state index contributed by atoms with van der Waals surface area (Å²) in [4.78, 5) is 23.4. The van der Waals surface area contributed by atoms with Crippen molar-refractivity contribution in [3.63, 3.8) is 0 Å². The van der Waals surface area contributed by atoms with Gasteiger partial charge >= 0.3 is 11.9 Å². The average molecular weight is 362 g/mol. The molecule has 0 aromatic carbocycles. The summed E-state index contributed by atoms with van der Waals surface area (Å²) in [6, 6.07) is 0. The van der Waals surface area contributed by atoms with E-state index >= 15 is 0 Å². The first-order valence-corrected chi connectivity index (χ1v) is 8.96. The zero-order valence-corrected chi connectivity index (χ0v) is 14.8. The molecule has 0 saturated carbocycles. The Morgan fingerprint density at radius 3 is 2.20 bits per heavy atom. The molecule has 0 aromatic heterocycles. The summed E-state index contributed by atoms with van der Waals surface area (Å²) in [6.45, 7) is 4.04. The van der Waals surface area contributed by atoms with Crippen LogP contribution < -0.4 is 0 Å². The highest BCUT2D eigenvalue weighted by atomic mass is 16.7. The van der Waals surface area contributed by atoms with Crippen LogP contribution in [0.15, 0.2) is 0 Å². The molecule has 0 spiro atoms. The number of carboxylic acid groups (broad SMARTS) is 1. The zero-order valence-electron chi connectivity index (χ0n) is 14.8. The first kappa shape index (κ1) is 21.8. The number of aliphatic hydroxyl groups excluding tert-OH is 3. The second kappa shape index (κ2) is 10.7. The van der Waals surface area contributed by atoms with Crippen LogP contribution in [0.5, 0.6) is 0 Å². The van der Waals surface area contributed by atoms with Gasteiger partial charge < -0.3 is 29.9 Å². The number of hydrogen-bond donors (Lipinski definition) is 4. The Bertz CT molecular complexity index is 427. The minimum atomic E-state index is -1.80. The van der Waals surface area contributed by atoms with Crippen LogP contribution in [0.3, 0.4) is 0 Å². The number of aliphatic carboxylic acids is 1. The number of unbranched alkanes of at least 4 members (excludes halogenated alkanes) is 3. The molecule has 4 N–H and O–H groups in total. The molecule has 25 heavy (non-hydrogen) atoms. The number of ether oxygens (including phenoxy) is 2. The van der Waals surface area contributed by atoms with E-state index in [1.54, 1.807) is 0 Å². The lowest BCUT2D eigenvalue weighted by Crippen LogP contribution is -2.60. The van der Waals surface area contributed by atoms with E-state index in [4.69, 9.17) is 14.6 Å². The Kier molecular flexibility index (Phi) is 9.34. The van der Waals surface area contributed by atoms with Gasteiger partial charge in [-0.05, 0) is 12.8 Å². The Hall–Kier alpha value is -1.22. The Morgan fingerprint density at radius 2 is 1.64 bits per heavy atom. The van der Waals surface area contributed by atoms with Crippen LogP contribution >= 0.6 is 0 Å². The molecular weight excluding hydrogens is 332 g/mol. The molecule has 1 rings (SSSR count). The first-order chi connectivity index (χ1) is 11.8. The highest BCUT2D eigenvalue weighted by molar-refractivity contribution is 5.74. The minimum Gasteiger partial charge on any atom is -0.479 e. The van der Waals surface area contributed by atoms with E-state index in [0.29, 0.717) is 12.8 Å². The van der Waals surface area contributed by atoms with E-state index in [0.717, 1.165) is 32.1 Å². The van der Waals surface area contributed by atoms with Crippen LogP contribution in [-0.4, -0.2) is 63.1 Å². The summed E-state index contributed by atoms with van der Waals surface area (Å²) in [5.41, 5.74) is 0. The van der Waals surface area contributed by atoms with Crippen molar-refractivity contribution in [3.05, 3.63) is 0 Å². The minimum absolute atomic E-state index is 0.370. The largest absolute Gasteiger partial charge is 0.479 e. The highest BCUT2D eigenvalue weighted by Gasteiger charge is 2.48. The fourth-order valence-corrected chi connectivity index (χ4v) is 2.91. The first-order valence-electron chi connectivity index (χ1n) is 8.96. The highest BCUT2D eigenvalue weighted by Crippen LogP contribution is 2.25. The van der Waals surface area contributed by atoms with Crippen LogP contribution in [0, 0.1) is 5.92 Å². The third kappa shape index (κ3) is 6.22. The van der Waals surface area contributed by atoms with Crippen LogP contribution in [-0.2, 0) is 19.1 Å². The van der Waals surface area contributed by atoms with Crippen LogP contribution in [0.2, 0.25) is 0 Å². The fourth-order valence-electron chi connectivity index (χ4n) is 2.91. The van der Waals surface area contributed by atoms with Gasteiger partial charge in [0.1, 0.15) is 18.3 Å². The average Bonchev–Trinajstić information content (AvgIpc) is 2.57. The van der Waals surface area contributed by atoms with Crippen LogP contribution in [0.4, 0.5) is 0 Å². The molecule has 0 aliphatic carbocycles. The predicted molar refractivity (Wildman–Crippen MR) is 87.6 cm³/mol. The standard InChI is InChI=1S/C17H30O8/c1-3-5-6-7-9-10(8-4-2)16(23)25-17-13(20)11(18)12(19)14(24-17)15(21)22/h10-14,17-20H,3-9H2,1-2H3,(H,21,22)/t10-,11+,12+,13-,14+,17+/m1/s1. The van der Waals surface area contributed by atoms with Gasteiger partial charge in [-0.3, -0.25) is 4.79 Å². The normalized spacial score (nSPS) is 30.7. The second-order valence-electron chi connectivity index (χ2n) is 6.51. The van der Waals surface area contributed by atoms with Gasteiger partial charge in [0.15, 0.2) is 6.10 Å². The summed E-state index contributed by atoms with van der Waals surface area (Å²) in [6.07, 6.45) is -2.59. The molecule has 0 radical (unpaired) electrons. The molecule has 1 aliphatic rings. The predicted octanol–water partition coefficient (Wildman–Crippen LogP) is 0.808. The molecule has 0 unspecified atom stereocenters. The van der Waals surface area contributed by atoms with E-state index in [1.807, 2.05) is 6.92 Å². The van der Waals surface area contributed by atoms with Crippen molar-refractivity contribution >= 4 is 11.9 Å². The van der Waals surface area contributed by atoms with Crippen molar-refractivity contribution in [2.75, 3.05) is 0 Å². The fraction of sp³-hybridized carbons (Fsp3) is 0.882. The molecule has 1 heterocycles. The van der Waals surface area contributed by atoms with Crippen LogP contribution in [0.1, 0.15) is 58.8 Å². The summed E-state index contributed by atoms with van der Waals surface area (Å²) in [7, 11) is 0. The van der Waals surface area contributed by atoms with Crippen molar-refractivity contribution in [3.8, 4) is 0 Å². The molecule has 1 aliphatic heterocycles. The molecule has 6 atom stereocenters. The third-order valence-corrected chi connectivity index (χ3v) is 4.42. The number of carbonyl (C=O) groups excluding carboxylic acids is 1. The molecule has 8 nitrogen and oxygen atoms in total. The third-order valence-electron chi connectivity index (χ3n) is 4.42. The van der Waals surface area contributed by atoms with Gasteiger partial charge in [-0.25, -0.2) is 4.79 Å². The van der Waals surface area contributed by atoms with Crippen molar-refractivity contribution in [2.45, 2.75) is 89.5 Å². The van der Waals surface area contributed by atoms with Gasteiger partial charge in [0, 0.05) is 0 Å². The molecule has 0 aromatic rings. The quantitative estimate of drug-likeness (QED) is 0.331. The second-order valence-corrected chi connectivity index (χ2v) is 6.51.